The van der Waals surface area contributed by atoms with Crippen LogP contribution in [-0.4, -0.2) is 53.0 Å². The third-order valence-electron chi connectivity index (χ3n) is 5.40. The summed E-state index contributed by atoms with van der Waals surface area (Å²) in [6, 6.07) is 18.6. The number of aromatic nitrogens is 3. The van der Waals surface area contributed by atoms with Gasteiger partial charge in [0.15, 0.2) is 6.04 Å². The Kier molecular flexibility index (Phi) is 7.29. The molecule has 0 saturated carbocycles. The third kappa shape index (κ3) is 5.59. The Morgan fingerprint density at radius 1 is 1.11 bits per heavy atom. The monoisotopic (exact) mass is 512 g/mol. The predicted molar refractivity (Wildman–Crippen MR) is 131 cm³/mol. The minimum Gasteiger partial charge on any atom is -0.508 e. The van der Waals surface area contributed by atoms with Gasteiger partial charge in [-0.05, 0) is 35.4 Å². The quantitative estimate of drug-likeness (QED) is 0.341. The highest BCUT2D eigenvalue weighted by molar-refractivity contribution is 7.91. The second-order valence-corrected chi connectivity index (χ2v) is 11.2. The second kappa shape index (κ2) is 10.4. The number of thiophene rings is 1. The summed E-state index contributed by atoms with van der Waals surface area (Å²) in [6.45, 7) is -0.0198. The fourth-order valence-electron chi connectivity index (χ4n) is 3.50. The number of carbonyl (C=O) groups excluding carboxylic acids is 1. The number of sulfonamides is 1. The van der Waals surface area contributed by atoms with Gasteiger partial charge in [0, 0.05) is 18.3 Å². The van der Waals surface area contributed by atoms with Crippen LogP contribution in [0.15, 0.2) is 77.1 Å². The zero-order valence-corrected chi connectivity index (χ0v) is 20.7. The van der Waals surface area contributed by atoms with Gasteiger partial charge in [0.1, 0.15) is 9.96 Å². The smallest absolute Gasteiger partial charge is 0.331 e. The van der Waals surface area contributed by atoms with Crippen LogP contribution < -0.4 is 0 Å². The van der Waals surface area contributed by atoms with Gasteiger partial charge >= 0.3 is 5.97 Å². The van der Waals surface area contributed by atoms with E-state index in [2.05, 4.69) is 10.3 Å². The van der Waals surface area contributed by atoms with Gasteiger partial charge in [0.05, 0.1) is 25.5 Å². The number of ether oxygens (including phenoxy) is 1. The van der Waals surface area contributed by atoms with Gasteiger partial charge in [-0.25, -0.2) is 17.9 Å². The molecule has 0 aliphatic carbocycles. The Bertz CT molecular complexity index is 1400. The molecule has 1 N–H and O–H groups in total. The van der Waals surface area contributed by atoms with Gasteiger partial charge in [0.2, 0.25) is 0 Å². The molecule has 0 aliphatic heterocycles. The first-order valence-electron chi connectivity index (χ1n) is 10.7. The molecule has 0 spiro atoms. The van der Waals surface area contributed by atoms with Gasteiger partial charge < -0.3 is 9.84 Å². The highest BCUT2D eigenvalue weighted by Crippen LogP contribution is 2.32. The minimum absolute atomic E-state index is 0.0198. The van der Waals surface area contributed by atoms with E-state index in [-0.39, 0.29) is 22.9 Å². The van der Waals surface area contributed by atoms with E-state index < -0.39 is 22.0 Å². The van der Waals surface area contributed by atoms with Gasteiger partial charge in [-0.15, -0.1) is 16.4 Å². The van der Waals surface area contributed by atoms with E-state index in [1.807, 2.05) is 30.3 Å². The molecule has 4 aromatic rings. The van der Waals surface area contributed by atoms with Crippen LogP contribution in [0, 0.1) is 0 Å². The van der Waals surface area contributed by atoms with Crippen molar-refractivity contribution in [2.24, 2.45) is 0 Å². The molecule has 1 atom stereocenters. The van der Waals surface area contributed by atoms with E-state index in [4.69, 9.17) is 4.74 Å². The Morgan fingerprint density at radius 3 is 2.51 bits per heavy atom. The Hall–Kier alpha value is -3.54. The maximum absolute atomic E-state index is 13.1. The summed E-state index contributed by atoms with van der Waals surface area (Å²) >= 11 is 1.20. The lowest BCUT2D eigenvalue weighted by Crippen LogP contribution is -2.26. The summed E-state index contributed by atoms with van der Waals surface area (Å²) in [5.41, 5.74) is 2.13. The molecular weight excluding hydrogens is 488 g/mol. The van der Waals surface area contributed by atoms with E-state index in [0.717, 1.165) is 16.0 Å². The molecule has 0 aliphatic rings. The van der Waals surface area contributed by atoms with Crippen LogP contribution in [0.2, 0.25) is 0 Å². The molecule has 0 saturated heterocycles. The van der Waals surface area contributed by atoms with Crippen molar-refractivity contribution in [2.75, 3.05) is 14.2 Å². The molecule has 182 valence electrons. The molecule has 1 unspecified atom stereocenters. The van der Waals surface area contributed by atoms with E-state index in [0.29, 0.717) is 5.69 Å². The zero-order chi connectivity index (χ0) is 25.0. The van der Waals surface area contributed by atoms with Gasteiger partial charge in [-0.2, -0.15) is 4.31 Å². The van der Waals surface area contributed by atoms with Crippen LogP contribution in [0.25, 0.3) is 10.4 Å². The number of hydrogen-bond donors (Lipinski definition) is 1. The number of phenols is 1. The minimum atomic E-state index is -3.75. The molecule has 2 aromatic heterocycles. The largest absolute Gasteiger partial charge is 0.508 e. The maximum Gasteiger partial charge on any atom is 0.331 e. The van der Waals surface area contributed by atoms with E-state index >= 15 is 0 Å². The van der Waals surface area contributed by atoms with Crippen molar-refractivity contribution < 1.29 is 23.1 Å². The third-order valence-corrected chi connectivity index (χ3v) is 8.81. The van der Waals surface area contributed by atoms with Crippen LogP contribution in [-0.2, 0) is 32.5 Å². The first-order chi connectivity index (χ1) is 16.8. The number of carbonyl (C=O) groups is 1. The average molecular weight is 513 g/mol. The molecule has 11 heteroatoms. The summed E-state index contributed by atoms with van der Waals surface area (Å²) in [5.74, 6) is -0.389. The Balaban J connectivity index is 1.50. The van der Waals surface area contributed by atoms with Crippen LogP contribution in [0.3, 0.4) is 0 Å². The van der Waals surface area contributed by atoms with Crippen molar-refractivity contribution in [3.8, 4) is 16.2 Å². The molecule has 4 rings (SSSR count). The summed E-state index contributed by atoms with van der Waals surface area (Å²) in [6.07, 6.45) is 1.80. The molecule has 0 amide bonds. The molecular formula is C24H24N4O5S2. The number of hydrogen-bond acceptors (Lipinski definition) is 8. The number of rotatable bonds is 9. The molecule has 0 fully saturated rings. The van der Waals surface area contributed by atoms with E-state index in [1.165, 1.54) is 52.8 Å². The van der Waals surface area contributed by atoms with Crippen molar-refractivity contribution >= 4 is 27.3 Å². The average Bonchev–Trinajstić information content (AvgIpc) is 3.54. The van der Waals surface area contributed by atoms with Crippen molar-refractivity contribution in [2.45, 2.75) is 23.2 Å². The molecule has 0 radical (unpaired) electrons. The summed E-state index contributed by atoms with van der Waals surface area (Å²) in [5, 5.41) is 17.6. The lowest BCUT2D eigenvalue weighted by Gasteiger charge is -2.15. The van der Waals surface area contributed by atoms with Crippen LogP contribution in [0.5, 0.6) is 5.75 Å². The maximum atomic E-state index is 13.1. The fourth-order valence-corrected chi connectivity index (χ4v) is 6.16. The highest BCUT2D eigenvalue weighted by Gasteiger charge is 2.27. The molecule has 0 bridgehead atoms. The zero-order valence-electron chi connectivity index (χ0n) is 19.1. The van der Waals surface area contributed by atoms with E-state index in [9.17, 15) is 18.3 Å². The molecule has 2 aromatic carbocycles. The lowest BCUT2D eigenvalue weighted by molar-refractivity contribution is -0.144. The van der Waals surface area contributed by atoms with Crippen LogP contribution >= 0.6 is 11.3 Å². The summed E-state index contributed by atoms with van der Waals surface area (Å²) < 4.78 is 34.0. The molecule has 9 nitrogen and oxygen atoms in total. The summed E-state index contributed by atoms with van der Waals surface area (Å²) in [7, 11) is -0.986. The van der Waals surface area contributed by atoms with Crippen molar-refractivity contribution in [1.29, 1.82) is 0 Å². The first kappa shape index (κ1) is 24.6. The Labute approximate surface area is 207 Å². The van der Waals surface area contributed by atoms with Crippen LogP contribution in [0.1, 0.15) is 17.3 Å². The number of esters is 1. The number of methoxy groups -OCH3 is 1. The fraction of sp³-hybridized carbons (Fsp3) is 0.208. The SMILES string of the molecule is COC(=O)C(Cc1ccc(O)cc1)n1cc(CN(C)S(=O)(=O)c2ccc(-c3ccccc3)s2)nn1. The second-order valence-electron chi connectivity index (χ2n) is 7.85. The van der Waals surface area contributed by atoms with E-state index in [1.54, 1.807) is 24.3 Å². The van der Waals surface area contributed by atoms with Crippen LogP contribution in [0.4, 0.5) is 0 Å². The number of nitrogens with zero attached hydrogens (tertiary/aromatic N) is 4. The van der Waals surface area contributed by atoms with Crippen molar-refractivity contribution in [3.05, 3.63) is 84.2 Å². The topological polar surface area (TPSA) is 115 Å². The first-order valence-corrected chi connectivity index (χ1v) is 12.9. The number of aromatic hydroxyl groups is 1. The number of phenolic OH excluding ortho intramolecular Hbond substituents is 1. The standard InChI is InChI=1S/C24H24N4O5S2/c1-27(35(31,32)23-13-12-22(34-23)18-6-4-3-5-7-18)15-19-16-28(26-25-19)21(24(30)33-2)14-17-8-10-20(29)11-9-17/h3-13,16,21,29H,14-15H2,1-2H3. The summed E-state index contributed by atoms with van der Waals surface area (Å²) in [4.78, 5) is 13.3. The normalized spacial score (nSPS) is 12.5. The van der Waals surface area contributed by atoms with Crippen molar-refractivity contribution in [3.63, 3.8) is 0 Å². The van der Waals surface area contributed by atoms with Gasteiger partial charge in [0.25, 0.3) is 10.0 Å². The Morgan fingerprint density at radius 2 is 1.83 bits per heavy atom. The van der Waals surface area contributed by atoms with Gasteiger partial charge in [-0.3, -0.25) is 0 Å². The molecule has 35 heavy (non-hydrogen) atoms. The van der Waals surface area contributed by atoms with Crippen molar-refractivity contribution in [1.82, 2.24) is 19.3 Å². The van der Waals surface area contributed by atoms with Gasteiger partial charge in [-0.1, -0.05) is 47.7 Å². The predicted octanol–water partition coefficient (Wildman–Crippen LogP) is 3.49. The molecule has 2 heterocycles. The highest BCUT2D eigenvalue weighted by atomic mass is 32.2. The number of benzene rings is 2. The lowest BCUT2D eigenvalue weighted by atomic mass is 10.1.